The van der Waals surface area contributed by atoms with Crippen LogP contribution in [-0.4, -0.2) is 49.5 Å². The summed E-state index contributed by atoms with van der Waals surface area (Å²) < 4.78 is 0.982. The molecule has 2 aromatic rings. The lowest BCUT2D eigenvalue weighted by molar-refractivity contribution is 0.102. The van der Waals surface area contributed by atoms with Crippen molar-refractivity contribution < 1.29 is 4.79 Å². The lowest BCUT2D eigenvalue weighted by Gasteiger charge is -2.32. The maximum atomic E-state index is 12.8. The summed E-state index contributed by atoms with van der Waals surface area (Å²) in [6, 6.07) is 11.2. The first-order valence-corrected chi connectivity index (χ1v) is 9.74. The number of benzene rings is 1. The molecule has 26 heavy (non-hydrogen) atoms. The van der Waals surface area contributed by atoms with Crippen molar-refractivity contribution in [3.63, 3.8) is 0 Å². The highest BCUT2D eigenvalue weighted by Gasteiger charge is 2.21. The van der Waals surface area contributed by atoms with Crippen molar-refractivity contribution >= 4 is 33.3 Å². The van der Waals surface area contributed by atoms with Crippen LogP contribution in [0, 0.1) is 5.92 Å². The van der Waals surface area contributed by atoms with Crippen LogP contribution in [0.4, 0.5) is 11.5 Å². The van der Waals surface area contributed by atoms with Gasteiger partial charge in [0.15, 0.2) is 0 Å². The predicted molar refractivity (Wildman–Crippen MR) is 110 cm³/mol. The maximum Gasteiger partial charge on any atom is 0.259 e. The van der Waals surface area contributed by atoms with E-state index in [2.05, 4.69) is 43.1 Å². The number of halogens is 1. The molecule has 0 saturated carbocycles. The molecule has 0 unspecified atom stereocenters. The van der Waals surface area contributed by atoms with E-state index in [0.717, 1.165) is 35.6 Å². The Morgan fingerprint density at radius 3 is 2.65 bits per heavy atom. The molecule has 1 aromatic carbocycles. The number of carbonyl (C=O) groups is 1. The number of pyridine rings is 1. The van der Waals surface area contributed by atoms with Crippen LogP contribution >= 0.6 is 15.9 Å². The Kier molecular flexibility index (Phi) is 6.27. The van der Waals surface area contributed by atoms with Crippen LogP contribution < -0.4 is 10.2 Å². The van der Waals surface area contributed by atoms with Crippen molar-refractivity contribution in [1.29, 1.82) is 0 Å². The van der Waals surface area contributed by atoms with Crippen molar-refractivity contribution in [2.24, 2.45) is 5.92 Å². The molecule has 0 atom stereocenters. The van der Waals surface area contributed by atoms with Crippen LogP contribution in [0.3, 0.4) is 0 Å². The number of rotatable bonds is 5. The summed E-state index contributed by atoms with van der Waals surface area (Å²) in [5.74, 6) is 1.24. The molecule has 1 saturated heterocycles. The number of piperidine rings is 1. The standard InChI is InChI=1S/C20H25BrN4O/c1-24-12-9-15(10-13-24)14-25(2)19-18(4-3-11-22-19)20(26)23-17-7-5-16(21)6-8-17/h3-8,11,15H,9-10,12-14H2,1-2H3,(H,23,26). The normalized spacial score (nSPS) is 15.7. The molecule has 1 aliphatic rings. The molecule has 2 heterocycles. The van der Waals surface area contributed by atoms with Gasteiger partial charge in [-0.1, -0.05) is 15.9 Å². The van der Waals surface area contributed by atoms with Gasteiger partial charge in [-0.05, 0) is 75.3 Å². The van der Waals surface area contributed by atoms with Gasteiger partial charge in [-0.3, -0.25) is 4.79 Å². The molecule has 0 radical (unpaired) electrons. The molecule has 6 heteroatoms. The number of hydrogen-bond donors (Lipinski definition) is 1. The van der Waals surface area contributed by atoms with E-state index < -0.39 is 0 Å². The van der Waals surface area contributed by atoms with E-state index in [-0.39, 0.29) is 5.91 Å². The molecular formula is C20H25BrN4O. The molecule has 0 spiro atoms. The molecule has 5 nitrogen and oxygen atoms in total. The smallest absolute Gasteiger partial charge is 0.259 e. The number of anilines is 2. The van der Waals surface area contributed by atoms with Gasteiger partial charge in [0.05, 0.1) is 5.56 Å². The van der Waals surface area contributed by atoms with Gasteiger partial charge in [-0.2, -0.15) is 0 Å². The Morgan fingerprint density at radius 1 is 1.27 bits per heavy atom. The zero-order chi connectivity index (χ0) is 18.5. The van der Waals surface area contributed by atoms with E-state index in [0.29, 0.717) is 11.5 Å². The minimum atomic E-state index is -0.134. The van der Waals surface area contributed by atoms with Crippen molar-refractivity contribution in [2.75, 3.05) is 43.9 Å². The number of amides is 1. The molecule has 0 bridgehead atoms. The van der Waals surface area contributed by atoms with Gasteiger partial charge in [-0.25, -0.2) is 4.98 Å². The first-order valence-electron chi connectivity index (χ1n) is 8.94. The minimum absolute atomic E-state index is 0.134. The topological polar surface area (TPSA) is 48.5 Å². The van der Waals surface area contributed by atoms with Crippen LogP contribution in [0.1, 0.15) is 23.2 Å². The van der Waals surface area contributed by atoms with Crippen LogP contribution in [0.25, 0.3) is 0 Å². The van der Waals surface area contributed by atoms with E-state index in [1.165, 1.54) is 12.8 Å². The summed E-state index contributed by atoms with van der Waals surface area (Å²) in [4.78, 5) is 21.7. The van der Waals surface area contributed by atoms with Gasteiger partial charge in [0.1, 0.15) is 5.82 Å². The fraction of sp³-hybridized carbons (Fsp3) is 0.400. The van der Waals surface area contributed by atoms with E-state index in [1.807, 2.05) is 43.4 Å². The van der Waals surface area contributed by atoms with Gasteiger partial charge in [0.25, 0.3) is 5.91 Å². The van der Waals surface area contributed by atoms with Gasteiger partial charge < -0.3 is 15.1 Å². The summed E-state index contributed by atoms with van der Waals surface area (Å²) in [7, 11) is 4.19. The minimum Gasteiger partial charge on any atom is -0.359 e. The molecule has 138 valence electrons. The average molecular weight is 417 g/mol. The molecule has 1 N–H and O–H groups in total. The highest BCUT2D eigenvalue weighted by atomic mass is 79.9. The number of aromatic nitrogens is 1. The Bertz CT molecular complexity index is 742. The number of nitrogens with zero attached hydrogens (tertiary/aromatic N) is 3. The highest BCUT2D eigenvalue weighted by molar-refractivity contribution is 9.10. The van der Waals surface area contributed by atoms with Gasteiger partial charge in [0, 0.05) is 29.9 Å². The third-order valence-electron chi connectivity index (χ3n) is 4.87. The van der Waals surface area contributed by atoms with Gasteiger partial charge in [-0.15, -0.1) is 0 Å². The Balaban J connectivity index is 1.70. The Morgan fingerprint density at radius 2 is 1.96 bits per heavy atom. The molecule has 3 rings (SSSR count). The predicted octanol–water partition coefficient (Wildman–Crippen LogP) is 3.87. The second-order valence-corrected chi connectivity index (χ2v) is 7.88. The van der Waals surface area contributed by atoms with E-state index in [4.69, 9.17) is 0 Å². The lowest BCUT2D eigenvalue weighted by Crippen LogP contribution is -2.36. The molecular weight excluding hydrogens is 392 g/mol. The molecule has 1 amide bonds. The Labute approximate surface area is 163 Å². The van der Waals surface area contributed by atoms with Crippen LogP contribution in [0.5, 0.6) is 0 Å². The Hall–Kier alpha value is -1.92. The number of likely N-dealkylation sites (tertiary alicyclic amines) is 1. The van der Waals surface area contributed by atoms with Crippen molar-refractivity contribution in [2.45, 2.75) is 12.8 Å². The third kappa shape index (κ3) is 4.83. The van der Waals surface area contributed by atoms with Crippen molar-refractivity contribution in [3.05, 3.63) is 52.6 Å². The second-order valence-electron chi connectivity index (χ2n) is 6.96. The third-order valence-corrected chi connectivity index (χ3v) is 5.39. The van der Waals surface area contributed by atoms with Gasteiger partial charge >= 0.3 is 0 Å². The lowest BCUT2D eigenvalue weighted by atomic mass is 9.96. The van der Waals surface area contributed by atoms with E-state index in [1.54, 1.807) is 6.20 Å². The first-order chi connectivity index (χ1) is 12.5. The monoisotopic (exact) mass is 416 g/mol. The van der Waals surface area contributed by atoms with Gasteiger partial charge in [0.2, 0.25) is 0 Å². The SMILES string of the molecule is CN1CCC(CN(C)c2ncccc2C(=O)Nc2ccc(Br)cc2)CC1. The zero-order valence-corrected chi connectivity index (χ0v) is 16.9. The molecule has 1 aliphatic heterocycles. The second kappa shape index (κ2) is 8.64. The van der Waals surface area contributed by atoms with Crippen molar-refractivity contribution in [3.8, 4) is 0 Å². The van der Waals surface area contributed by atoms with Crippen molar-refractivity contribution in [1.82, 2.24) is 9.88 Å². The summed E-state index contributed by atoms with van der Waals surface area (Å²) in [6.07, 6.45) is 4.12. The number of hydrogen-bond acceptors (Lipinski definition) is 4. The molecule has 0 aliphatic carbocycles. The average Bonchev–Trinajstić information content (AvgIpc) is 2.65. The van der Waals surface area contributed by atoms with E-state index in [9.17, 15) is 4.79 Å². The van der Waals surface area contributed by atoms with Crippen LogP contribution in [0.15, 0.2) is 47.1 Å². The summed E-state index contributed by atoms with van der Waals surface area (Å²) in [5, 5.41) is 2.96. The largest absolute Gasteiger partial charge is 0.359 e. The number of carbonyl (C=O) groups excluding carboxylic acids is 1. The summed E-state index contributed by atoms with van der Waals surface area (Å²) in [5.41, 5.74) is 1.37. The van der Waals surface area contributed by atoms with Crippen LogP contribution in [0.2, 0.25) is 0 Å². The summed E-state index contributed by atoms with van der Waals surface area (Å²) >= 11 is 3.41. The quantitative estimate of drug-likeness (QED) is 0.803. The molecule has 1 aromatic heterocycles. The maximum absolute atomic E-state index is 12.8. The highest BCUT2D eigenvalue weighted by Crippen LogP contribution is 2.23. The van der Waals surface area contributed by atoms with E-state index >= 15 is 0 Å². The van der Waals surface area contributed by atoms with Crippen LogP contribution in [-0.2, 0) is 0 Å². The molecule has 1 fully saturated rings. The first kappa shape index (κ1) is 18.9. The zero-order valence-electron chi connectivity index (χ0n) is 15.3. The fourth-order valence-electron chi connectivity index (χ4n) is 3.33. The summed E-state index contributed by atoms with van der Waals surface area (Å²) in [6.45, 7) is 3.19. The number of nitrogens with one attached hydrogen (secondary N) is 1. The fourth-order valence-corrected chi connectivity index (χ4v) is 3.59.